The molecule has 0 aromatic heterocycles. The number of ether oxygens (including phenoxy) is 2. The van der Waals surface area contributed by atoms with Crippen LogP contribution in [0, 0.1) is 0 Å². The van der Waals surface area contributed by atoms with Crippen LogP contribution in [0.15, 0.2) is 97.1 Å². The maximum atomic E-state index is 5.86. The first kappa shape index (κ1) is 23.2. The lowest BCUT2D eigenvalue weighted by Crippen LogP contribution is -1.90. The van der Waals surface area contributed by atoms with Crippen molar-refractivity contribution < 1.29 is 9.47 Å². The van der Waals surface area contributed by atoms with E-state index >= 15 is 0 Å². The fourth-order valence-corrected chi connectivity index (χ4v) is 3.80. The minimum Gasteiger partial charge on any atom is -0.457 e. The first-order valence-corrected chi connectivity index (χ1v) is 11.9. The highest BCUT2D eigenvalue weighted by Gasteiger charge is 2.01. The molecule has 0 fully saturated rings. The zero-order valence-corrected chi connectivity index (χ0v) is 19.5. The van der Waals surface area contributed by atoms with Gasteiger partial charge in [-0.25, -0.2) is 0 Å². The second kappa shape index (κ2) is 11.8. The number of nitrogen functional groups attached to an aromatic ring is 2. The summed E-state index contributed by atoms with van der Waals surface area (Å²) in [5, 5.41) is 0. The highest BCUT2D eigenvalue weighted by Crippen LogP contribution is 2.24. The number of hydrogen-bond acceptors (Lipinski definition) is 4. The SMILES string of the molecule is Nc1ccc(Oc2ccc(CCCCCCc3ccc(Oc4ccc(N)cc4)cc3)cc2)cc1. The van der Waals surface area contributed by atoms with Crippen molar-refractivity contribution in [1.29, 1.82) is 0 Å². The largest absolute Gasteiger partial charge is 0.457 e. The normalized spacial score (nSPS) is 10.7. The van der Waals surface area contributed by atoms with Gasteiger partial charge in [-0.05, 0) is 110 Å². The summed E-state index contributed by atoms with van der Waals surface area (Å²) in [6.45, 7) is 0. The van der Waals surface area contributed by atoms with Crippen LogP contribution in [0.1, 0.15) is 36.8 Å². The van der Waals surface area contributed by atoms with Gasteiger partial charge in [0.2, 0.25) is 0 Å². The molecule has 0 aliphatic heterocycles. The van der Waals surface area contributed by atoms with E-state index in [1.165, 1.54) is 36.8 Å². The van der Waals surface area contributed by atoms with Gasteiger partial charge in [0, 0.05) is 11.4 Å². The number of benzene rings is 4. The van der Waals surface area contributed by atoms with E-state index in [4.69, 9.17) is 20.9 Å². The number of rotatable bonds is 11. The molecule has 34 heavy (non-hydrogen) atoms. The van der Waals surface area contributed by atoms with Crippen LogP contribution in [0.4, 0.5) is 11.4 Å². The van der Waals surface area contributed by atoms with E-state index in [2.05, 4.69) is 24.3 Å². The zero-order valence-electron chi connectivity index (χ0n) is 19.5. The average molecular weight is 453 g/mol. The molecule has 0 amide bonds. The molecule has 0 bridgehead atoms. The second-order valence-corrected chi connectivity index (χ2v) is 8.54. The van der Waals surface area contributed by atoms with Gasteiger partial charge in [-0.15, -0.1) is 0 Å². The maximum Gasteiger partial charge on any atom is 0.127 e. The summed E-state index contributed by atoms with van der Waals surface area (Å²) in [4.78, 5) is 0. The molecular weight excluding hydrogens is 420 g/mol. The minimum atomic E-state index is 0.737. The van der Waals surface area contributed by atoms with E-state index in [1.807, 2.05) is 72.8 Å². The lowest BCUT2D eigenvalue weighted by atomic mass is 10.0. The molecule has 4 N–H and O–H groups in total. The molecule has 0 aliphatic carbocycles. The number of aryl methyl sites for hydroxylation is 2. The van der Waals surface area contributed by atoms with Gasteiger partial charge in [0.25, 0.3) is 0 Å². The summed E-state index contributed by atoms with van der Waals surface area (Å²) < 4.78 is 11.7. The maximum absolute atomic E-state index is 5.86. The van der Waals surface area contributed by atoms with Crippen LogP contribution in [0.2, 0.25) is 0 Å². The molecule has 4 nitrogen and oxygen atoms in total. The minimum absolute atomic E-state index is 0.737. The summed E-state index contributed by atoms with van der Waals surface area (Å²) in [5.41, 5.74) is 15.6. The van der Waals surface area contributed by atoms with Crippen molar-refractivity contribution in [3.8, 4) is 23.0 Å². The van der Waals surface area contributed by atoms with Gasteiger partial charge in [-0.2, -0.15) is 0 Å². The summed E-state index contributed by atoms with van der Waals surface area (Å²) in [5.74, 6) is 3.29. The molecule has 0 spiro atoms. The van der Waals surface area contributed by atoms with E-state index < -0.39 is 0 Å². The molecule has 4 rings (SSSR count). The Hall–Kier alpha value is -3.92. The molecular formula is C30H32N2O2. The number of anilines is 2. The summed E-state index contributed by atoms with van der Waals surface area (Å²) in [6.07, 6.45) is 7.07. The van der Waals surface area contributed by atoms with Crippen LogP contribution in [-0.2, 0) is 12.8 Å². The van der Waals surface area contributed by atoms with Crippen molar-refractivity contribution in [2.45, 2.75) is 38.5 Å². The molecule has 4 aromatic carbocycles. The Balaban J connectivity index is 1.11. The van der Waals surface area contributed by atoms with Crippen molar-refractivity contribution in [2.75, 3.05) is 11.5 Å². The molecule has 0 unspecified atom stereocenters. The molecule has 4 heteroatoms. The van der Waals surface area contributed by atoms with Gasteiger partial charge >= 0.3 is 0 Å². The Morgan fingerprint density at radius 3 is 1.00 bits per heavy atom. The monoisotopic (exact) mass is 452 g/mol. The van der Waals surface area contributed by atoms with Crippen molar-refractivity contribution in [3.63, 3.8) is 0 Å². The molecule has 4 aromatic rings. The number of hydrogen-bond donors (Lipinski definition) is 2. The van der Waals surface area contributed by atoms with Gasteiger partial charge in [-0.3, -0.25) is 0 Å². The predicted octanol–water partition coefficient (Wildman–Crippen LogP) is 7.78. The predicted molar refractivity (Wildman–Crippen MR) is 141 cm³/mol. The third-order valence-electron chi connectivity index (χ3n) is 5.76. The molecule has 174 valence electrons. The van der Waals surface area contributed by atoms with Gasteiger partial charge in [0.15, 0.2) is 0 Å². The molecule has 0 heterocycles. The van der Waals surface area contributed by atoms with E-state index in [0.717, 1.165) is 47.2 Å². The summed E-state index contributed by atoms with van der Waals surface area (Å²) in [6, 6.07) is 31.7. The standard InChI is InChI=1S/C30H32N2O2/c31-25-11-19-29(20-12-25)33-27-15-7-23(8-16-27)5-3-1-2-4-6-24-9-17-28(18-10-24)34-30-21-13-26(32)14-22-30/h7-22H,1-6,31-32H2. The van der Waals surface area contributed by atoms with E-state index in [1.54, 1.807) is 0 Å². The topological polar surface area (TPSA) is 70.5 Å². The summed E-state index contributed by atoms with van der Waals surface area (Å²) in [7, 11) is 0. The third kappa shape index (κ3) is 7.31. The Morgan fingerprint density at radius 1 is 0.382 bits per heavy atom. The Morgan fingerprint density at radius 2 is 0.676 bits per heavy atom. The van der Waals surface area contributed by atoms with Crippen molar-refractivity contribution in [1.82, 2.24) is 0 Å². The van der Waals surface area contributed by atoms with E-state index in [9.17, 15) is 0 Å². The molecule has 0 atom stereocenters. The number of nitrogens with two attached hydrogens (primary N) is 2. The Bertz CT molecular complexity index is 1040. The third-order valence-corrected chi connectivity index (χ3v) is 5.76. The summed E-state index contributed by atoms with van der Waals surface area (Å²) >= 11 is 0. The fraction of sp³-hybridized carbons (Fsp3) is 0.200. The van der Waals surface area contributed by atoms with Gasteiger partial charge < -0.3 is 20.9 Å². The van der Waals surface area contributed by atoms with Crippen LogP contribution in [-0.4, -0.2) is 0 Å². The molecule has 0 radical (unpaired) electrons. The average Bonchev–Trinajstić information content (AvgIpc) is 2.86. The van der Waals surface area contributed by atoms with Crippen LogP contribution in [0.25, 0.3) is 0 Å². The Labute approximate surface area is 202 Å². The Kier molecular flexibility index (Phi) is 8.07. The van der Waals surface area contributed by atoms with Crippen molar-refractivity contribution in [2.24, 2.45) is 0 Å². The molecule has 0 saturated heterocycles. The van der Waals surface area contributed by atoms with E-state index in [-0.39, 0.29) is 0 Å². The number of unbranched alkanes of at least 4 members (excludes halogenated alkanes) is 3. The van der Waals surface area contributed by atoms with Crippen LogP contribution in [0.3, 0.4) is 0 Å². The van der Waals surface area contributed by atoms with E-state index in [0.29, 0.717) is 0 Å². The zero-order chi connectivity index (χ0) is 23.6. The molecule has 0 saturated carbocycles. The van der Waals surface area contributed by atoms with Crippen molar-refractivity contribution >= 4 is 11.4 Å². The van der Waals surface area contributed by atoms with Gasteiger partial charge in [-0.1, -0.05) is 37.1 Å². The highest BCUT2D eigenvalue weighted by molar-refractivity contribution is 5.44. The highest BCUT2D eigenvalue weighted by atomic mass is 16.5. The second-order valence-electron chi connectivity index (χ2n) is 8.54. The molecule has 0 aliphatic rings. The van der Waals surface area contributed by atoms with Crippen LogP contribution in [0.5, 0.6) is 23.0 Å². The smallest absolute Gasteiger partial charge is 0.127 e. The van der Waals surface area contributed by atoms with Crippen LogP contribution < -0.4 is 20.9 Å². The van der Waals surface area contributed by atoms with Crippen LogP contribution >= 0.6 is 0 Å². The first-order chi connectivity index (χ1) is 16.6. The van der Waals surface area contributed by atoms with Gasteiger partial charge in [0.05, 0.1) is 0 Å². The van der Waals surface area contributed by atoms with Gasteiger partial charge in [0.1, 0.15) is 23.0 Å². The fourth-order valence-electron chi connectivity index (χ4n) is 3.80. The lowest BCUT2D eigenvalue weighted by molar-refractivity contribution is 0.482. The quantitative estimate of drug-likeness (QED) is 0.180. The first-order valence-electron chi connectivity index (χ1n) is 11.9. The lowest BCUT2D eigenvalue weighted by Gasteiger charge is -2.08. The van der Waals surface area contributed by atoms with Crippen molar-refractivity contribution in [3.05, 3.63) is 108 Å².